The minimum atomic E-state index is 0.101. The van der Waals surface area contributed by atoms with Gasteiger partial charge in [0.1, 0.15) is 18.1 Å². The highest BCUT2D eigenvalue weighted by Gasteiger charge is 2.19. The lowest BCUT2D eigenvalue weighted by atomic mass is 10.0. The molecular weight excluding hydrogens is 280 g/mol. The number of amides is 1. The van der Waals surface area contributed by atoms with Crippen LogP contribution in [0.2, 0.25) is 0 Å². The van der Waals surface area contributed by atoms with Crippen molar-refractivity contribution in [2.24, 2.45) is 0 Å². The molecule has 0 N–H and O–H groups in total. The lowest BCUT2D eigenvalue weighted by Crippen LogP contribution is -2.37. The van der Waals surface area contributed by atoms with E-state index in [1.165, 1.54) is 0 Å². The second-order valence-electron chi connectivity index (χ2n) is 6.15. The highest BCUT2D eigenvalue weighted by molar-refractivity contribution is 5.77. The number of hydrogen-bond donors (Lipinski definition) is 0. The summed E-state index contributed by atoms with van der Waals surface area (Å²) in [4.78, 5) is 16.3. The van der Waals surface area contributed by atoms with E-state index in [0.717, 1.165) is 57.1 Å². The van der Waals surface area contributed by atoms with E-state index in [1.54, 1.807) is 7.11 Å². The fraction of sp³-hybridized carbons (Fsp3) is 0.706. The van der Waals surface area contributed by atoms with E-state index in [0.29, 0.717) is 5.92 Å². The Kier molecular flexibility index (Phi) is 6.46. The first kappa shape index (κ1) is 17.0. The van der Waals surface area contributed by atoms with Gasteiger partial charge in [-0.1, -0.05) is 6.92 Å². The number of rotatable bonds is 6. The predicted octanol–water partition coefficient (Wildman–Crippen LogP) is 2.26. The van der Waals surface area contributed by atoms with Crippen LogP contribution in [0.3, 0.4) is 0 Å². The lowest BCUT2D eigenvalue weighted by molar-refractivity contribution is -0.135. The lowest BCUT2D eigenvalue weighted by Gasteiger charge is -2.22. The Morgan fingerprint density at radius 3 is 2.82 bits per heavy atom. The molecule has 1 atom stereocenters. The van der Waals surface area contributed by atoms with Crippen molar-refractivity contribution in [1.82, 2.24) is 9.80 Å². The van der Waals surface area contributed by atoms with Crippen LogP contribution >= 0.6 is 0 Å². The number of carbonyl (C=O) groups is 1. The molecule has 0 aromatic carbocycles. The summed E-state index contributed by atoms with van der Waals surface area (Å²) < 4.78 is 10.6. The van der Waals surface area contributed by atoms with Crippen LogP contribution in [-0.4, -0.2) is 62.1 Å². The van der Waals surface area contributed by atoms with Crippen LogP contribution in [0.1, 0.15) is 37.2 Å². The van der Waals surface area contributed by atoms with Crippen LogP contribution < -0.4 is 0 Å². The zero-order chi connectivity index (χ0) is 15.9. The Morgan fingerprint density at radius 1 is 1.32 bits per heavy atom. The van der Waals surface area contributed by atoms with E-state index in [9.17, 15) is 4.79 Å². The van der Waals surface area contributed by atoms with Gasteiger partial charge in [0.2, 0.25) is 5.91 Å². The summed E-state index contributed by atoms with van der Waals surface area (Å²) >= 11 is 0. The van der Waals surface area contributed by atoms with Gasteiger partial charge >= 0.3 is 0 Å². The van der Waals surface area contributed by atoms with Gasteiger partial charge in [0.15, 0.2) is 0 Å². The van der Waals surface area contributed by atoms with E-state index >= 15 is 0 Å². The molecule has 124 valence electrons. The number of hydrogen-bond acceptors (Lipinski definition) is 4. The Balaban J connectivity index is 1.76. The van der Waals surface area contributed by atoms with Crippen molar-refractivity contribution in [1.29, 1.82) is 0 Å². The van der Waals surface area contributed by atoms with E-state index in [1.807, 2.05) is 17.9 Å². The molecule has 5 nitrogen and oxygen atoms in total. The van der Waals surface area contributed by atoms with E-state index in [2.05, 4.69) is 17.9 Å². The highest BCUT2D eigenvalue weighted by atomic mass is 16.5. The summed E-state index contributed by atoms with van der Waals surface area (Å²) in [6.45, 7) is 9.07. The van der Waals surface area contributed by atoms with Crippen molar-refractivity contribution in [3.05, 3.63) is 23.7 Å². The second kappa shape index (κ2) is 8.34. The summed E-state index contributed by atoms with van der Waals surface area (Å²) in [6.07, 6.45) is 2.11. The number of ether oxygens (including phenoxy) is 1. The van der Waals surface area contributed by atoms with Crippen molar-refractivity contribution in [3.8, 4) is 0 Å². The van der Waals surface area contributed by atoms with Crippen LogP contribution in [-0.2, 0) is 9.53 Å². The molecule has 1 amide bonds. The molecule has 22 heavy (non-hydrogen) atoms. The van der Waals surface area contributed by atoms with Crippen molar-refractivity contribution in [3.63, 3.8) is 0 Å². The summed E-state index contributed by atoms with van der Waals surface area (Å²) in [6, 6.07) is 4.10. The van der Waals surface area contributed by atoms with Gasteiger partial charge in [-0.2, -0.15) is 0 Å². The van der Waals surface area contributed by atoms with Crippen molar-refractivity contribution in [2.75, 3.05) is 46.4 Å². The second-order valence-corrected chi connectivity index (χ2v) is 6.15. The van der Waals surface area contributed by atoms with Gasteiger partial charge in [0, 0.05) is 32.7 Å². The maximum atomic E-state index is 11.9. The van der Waals surface area contributed by atoms with Crippen LogP contribution in [0.5, 0.6) is 0 Å². The van der Waals surface area contributed by atoms with Gasteiger partial charge in [-0.25, -0.2) is 0 Å². The first-order chi connectivity index (χ1) is 10.6. The number of aryl methyl sites for hydroxylation is 1. The number of nitrogens with zero attached hydrogens (tertiary/aromatic N) is 2. The molecule has 0 aliphatic carbocycles. The van der Waals surface area contributed by atoms with E-state index < -0.39 is 0 Å². The van der Waals surface area contributed by atoms with Crippen LogP contribution in [0.4, 0.5) is 0 Å². The molecule has 2 heterocycles. The summed E-state index contributed by atoms with van der Waals surface area (Å²) in [7, 11) is 1.57. The SMILES string of the molecule is COCC(=O)N1CCCN(CCC(C)c2ccc(C)o2)CC1. The molecule has 0 spiro atoms. The Bertz CT molecular complexity index is 472. The van der Waals surface area contributed by atoms with Gasteiger partial charge < -0.3 is 19.0 Å². The monoisotopic (exact) mass is 308 g/mol. The molecule has 1 aromatic heterocycles. The average Bonchev–Trinajstić information content (AvgIpc) is 2.80. The first-order valence-electron chi connectivity index (χ1n) is 8.15. The maximum absolute atomic E-state index is 11.9. The molecule has 1 aliphatic rings. The highest BCUT2D eigenvalue weighted by Crippen LogP contribution is 2.21. The molecule has 1 aliphatic heterocycles. The molecule has 0 bridgehead atoms. The molecule has 0 radical (unpaired) electrons. The molecular formula is C17H28N2O3. The Morgan fingerprint density at radius 2 is 2.14 bits per heavy atom. The van der Waals surface area contributed by atoms with Crippen LogP contribution in [0.25, 0.3) is 0 Å². The topological polar surface area (TPSA) is 45.9 Å². The summed E-state index contributed by atoms with van der Waals surface area (Å²) in [5.74, 6) is 2.58. The van der Waals surface area contributed by atoms with Crippen LogP contribution in [0.15, 0.2) is 16.5 Å². The number of methoxy groups -OCH3 is 1. The Hall–Kier alpha value is -1.33. The van der Waals surface area contributed by atoms with Gasteiger partial charge in [0.25, 0.3) is 0 Å². The van der Waals surface area contributed by atoms with Crippen LogP contribution in [0, 0.1) is 6.92 Å². The first-order valence-corrected chi connectivity index (χ1v) is 8.15. The minimum absolute atomic E-state index is 0.101. The molecule has 1 saturated heterocycles. The van der Waals surface area contributed by atoms with Crippen molar-refractivity contribution < 1.29 is 13.9 Å². The summed E-state index contributed by atoms with van der Waals surface area (Å²) in [5.41, 5.74) is 0. The molecule has 1 fully saturated rings. The average molecular weight is 308 g/mol. The maximum Gasteiger partial charge on any atom is 0.248 e. The normalized spacial score (nSPS) is 18.2. The third-order valence-electron chi connectivity index (χ3n) is 4.33. The van der Waals surface area contributed by atoms with Crippen molar-refractivity contribution >= 4 is 5.91 Å². The Labute approximate surface area is 133 Å². The van der Waals surface area contributed by atoms with E-state index in [-0.39, 0.29) is 12.5 Å². The zero-order valence-corrected chi connectivity index (χ0v) is 14.0. The van der Waals surface area contributed by atoms with Gasteiger partial charge in [-0.05, 0) is 45.0 Å². The molecule has 5 heteroatoms. The minimum Gasteiger partial charge on any atom is -0.466 e. The number of carbonyl (C=O) groups excluding carboxylic acids is 1. The van der Waals surface area contributed by atoms with Gasteiger partial charge in [-0.3, -0.25) is 4.79 Å². The van der Waals surface area contributed by atoms with Gasteiger partial charge in [0.05, 0.1) is 0 Å². The fourth-order valence-electron chi connectivity index (χ4n) is 2.90. The molecule has 0 saturated carbocycles. The summed E-state index contributed by atoms with van der Waals surface area (Å²) in [5, 5.41) is 0. The largest absolute Gasteiger partial charge is 0.466 e. The molecule has 2 rings (SSSR count). The predicted molar refractivity (Wildman–Crippen MR) is 86.0 cm³/mol. The van der Waals surface area contributed by atoms with Gasteiger partial charge in [-0.15, -0.1) is 0 Å². The molecule has 1 unspecified atom stereocenters. The third-order valence-corrected chi connectivity index (χ3v) is 4.33. The van der Waals surface area contributed by atoms with E-state index in [4.69, 9.17) is 9.15 Å². The quantitative estimate of drug-likeness (QED) is 0.809. The standard InChI is InChI=1S/C17H28N2O3/c1-14(16-6-5-15(2)22-16)7-10-18-8-4-9-19(12-11-18)17(20)13-21-3/h5-6,14H,4,7-13H2,1-3H3. The smallest absolute Gasteiger partial charge is 0.248 e. The zero-order valence-electron chi connectivity index (χ0n) is 14.0. The van der Waals surface area contributed by atoms with Crippen molar-refractivity contribution in [2.45, 2.75) is 32.6 Å². The third kappa shape index (κ3) is 4.85. The number of furan rings is 1. The fourth-order valence-corrected chi connectivity index (χ4v) is 2.90. The molecule has 1 aromatic rings.